The van der Waals surface area contributed by atoms with E-state index in [0.29, 0.717) is 34.5 Å². The van der Waals surface area contributed by atoms with Gasteiger partial charge in [-0.1, -0.05) is 5.16 Å². The number of ether oxygens (including phenoxy) is 4. The zero-order valence-corrected chi connectivity index (χ0v) is 19.6. The summed E-state index contributed by atoms with van der Waals surface area (Å²) in [4.78, 5) is 43.8. The topological polar surface area (TPSA) is 149 Å². The molecule has 0 atom stereocenters. The SMILES string of the molecule is COc1ccc(NC(=O)Cn2c(=O)n(Cc3nc(C)no3)c(=O)c3cc4c(cc32)OCO4)c(OC)c1. The molecule has 0 bridgehead atoms. The lowest BCUT2D eigenvalue weighted by Gasteiger charge is -2.15. The third-order valence-electron chi connectivity index (χ3n) is 5.57. The Balaban J connectivity index is 1.58. The van der Waals surface area contributed by atoms with Gasteiger partial charge in [0.2, 0.25) is 18.6 Å². The van der Waals surface area contributed by atoms with Gasteiger partial charge in [0.25, 0.3) is 5.56 Å². The fraction of sp³-hybridized carbons (Fsp3) is 0.261. The summed E-state index contributed by atoms with van der Waals surface area (Å²) in [6, 6.07) is 7.88. The molecular weight excluding hydrogens is 474 g/mol. The first-order valence-corrected chi connectivity index (χ1v) is 10.8. The average molecular weight is 495 g/mol. The number of aromatic nitrogens is 4. The Morgan fingerprint density at radius 1 is 1.08 bits per heavy atom. The number of anilines is 1. The van der Waals surface area contributed by atoms with Crippen LogP contribution in [0.25, 0.3) is 10.9 Å². The molecule has 13 nitrogen and oxygen atoms in total. The van der Waals surface area contributed by atoms with Crippen LogP contribution in [-0.4, -0.2) is 46.2 Å². The number of carbonyl (C=O) groups excluding carboxylic acids is 1. The number of benzene rings is 2. The molecule has 36 heavy (non-hydrogen) atoms. The Kier molecular flexibility index (Phi) is 5.80. The van der Waals surface area contributed by atoms with E-state index >= 15 is 0 Å². The maximum Gasteiger partial charge on any atom is 0.332 e. The first kappa shape index (κ1) is 23.0. The van der Waals surface area contributed by atoms with E-state index in [-0.39, 0.29) is 30.1 Å². The minimum absolute atomic E-state index is 0.0247. The highest BCUT2D eigenvalue weighted by Crippen LogP contribution is 2.35. The number of fused-ring (bicyclic) bond motifs is 2. The lowest BCUT2D eigenvalue weighted by Crippen LogP contribution is -2.42. The molecule has 0 radical (unpaired) electrons. The molecule has 13 heteroatoms. The van der Waals surface area contributed by atoms with Gasteiger partial charge in [-0.3, -0.25) is 18.7 Å². The third-order valence-corrected chi connectivity index (χ3v) is 5.57. The molecular formula is C23H21N5O8. The van der Waals surface area contributed by atoms with Crippen LogP contribution in [0, 0.1) is 6.92 Å². The van der Waals surface area contributed by atoms with E-state index in [2.05, 4.69) is 15.5 Å². The molecule has 1 aliphatic heterocycles. The predicted octanol–water partition coefficient (Wildman–Crippen LogP) is 1.29. The summed E-state index contributed by atoms with van der Waals surface area (Å²) in [5.74, 6) is 1.54. The molecule has 1 N–H and O–H groups in total. The highest BCUT2D eigenvalue weighted by Gasteiger charge is 2.22. The smallest absolute Gasteiger partial charge is 0.332 e. The van der Waals surface area contributed by atoms with E-state index in [1.807, 2.05) is 0 Å². The van der Waals surface area contributed by atoms with E-state index in [0.717, 1.165) is 4.57 Å². The van der Waals surface area contributed by atoms with Crippen molar-refractivity contribution in [3.05, 3.63) is 62.9 Å². The monoisotopic (exact) mass is 495 g/mol. The number of hydrogen-bond acceptors (Lipinski definition) is 10. The van der Waals surface area contributed by atoms with Gasteiger partial charge in [-0.25, -0.2) is 4.79 Å². The number of hydrogen-bond donors (Lipinski definition) is 1. The minimum atomic E-state index is -0.737. The van der Waals surface area contributed by atoms with Crippen LogP contribution in [0.15, 0.2) is 44.4 Å². The first-order chi connectivity index (χ1) is 17.4. The van der Waals surface area contributed by atoms with Gasteiger partial charge >= 0.3 is 5.69 Å². The fourth-order valence-electron chi connectivity index (χ4n) is 3.87. The second kappa shape index (κ2) is 9.09. The number of rotatable bonds is 7. The van der Waals surface area contributed by atoms with Gasteiger partial charge in [0.05, 0.1) is 30.8 Å². The number of amides is 1. The van der Waals surface area contributed by atoms with Crippen LogP contribution >= 0.6 is 0 Å². The van der Waals surface area contributed by atoms with Gasteiger partial charge in [0, 0.05) is 12.1 Å². The lowest BCUT2D eigenvalue weighted by atomic mass is 10.2. The summed E-state index contributed by atoms with van der Waals surface area (Å²) in [5.41, 5.74) is -0.742. The van der Waals surface area contributed by atoms with E-state index in [1.165, 1.54) is 30.9 Å². The maximum atomic E-state index is 13.5. The van der Waals surface area contributed by atoms with Crippen molar-refractivity contribution in [2.45, 2.75) is 20.0 Å². The Hall–Kier alpha value is -4.81. The third kappa shape index (κ3) is 4.10. The van der Waals surface area contributed by atoms with E-state index in [1.54, 1.807) is 25.1 Å². The molecule has 4 aromatic rings. The number of nitrogens with zero attached hydrogens (tertiary/aromatic N) is 4. The van der Waals surface area contributed by atoms with Crippen LogP contribution in [0.5, 0.6) is 23.0 Å². The van der Waals surface area contributed by atoms with Crippen molar-refractivity contribution in [3.8, 4) is 23.0 Å². The van der Waals surface area contributed by atoms with Gasteiger partial charge in [-0.2, -0.15) is 4.98 Å². The summed E-state index contributed by atoms with van der Waals surface area (Å²) in [6.07, 6.45) is 0. The van der Waals surface area contributed by atoms with Gasteiger partial charge in [0.15, 0.2) is 17.3 Å². The summed E-state index contributed by atoms with van der Waals surface area (Å²) < 4.78 is 28.5. The van der Waals surface area contributed by atoms with E-state index in [9.17, 15) is 14.4 Å². The van der Waals surface area contributed by atoms with Gasteiger partial charge in [-0.15, -0.1) is 0 Å². The second-order valence-corrected chi connectivity index (χ2v) is 7.83. The van der Waals surface area contributed by atoms with Crippen LogP contribution in [0.2, 0.25) is 0 Å². The van der Waals surface area contributed by atoms with Crippen LogP contribution in [0.4, 0.5) is 5.69 Å². The molecule has 3 heterocycles. The molecule has 1 aliphatic rings. The number of methoxy groups -OCH3 is 2. The lowest BCUT2D eigenvalue weighted by molar-refractivity contribution is -0.116. The van der Waals surface area contributed by atoms with Crippen molar-refractivity contribution in [2.75, 3.05) is 26.3 Å². The van der Waals surface area contributed by atoms with Crippen molar-refractivity contribution in [2.24, 2.45) is 0 Å². The standard InChI is InChI=1S/C23H21N5O8/c1-12-24-21(36-26-12)10-28-22(30)14-7-18-19(35-11-34-18)8-16(14)27(23(28)31)9-20(29)25-15-5-4-13(32-2)6-17(15)33-3/h4-8H,9-11H2,1-3H3,(H,25,29). The van der Waals surface area contributed by atoms with Gasteiger partial charge in [-0.05, 0) is 25.1 Å². The number of nitrogens with one attached hydrogen (secondary N) is 1. The molecule has 0 aliphatic carbocycles. The molecule has 2 aromatic carbocycles. The zero-order valence-electron chi connectivity index (χ0n) is 19.6. The molecule has 0 fully saturated rings. The van der Waals surface area contributed by atoms with Crippen LogP contribution in [0.1, 0.15) is 11.7 Å². The minimum Gasteiger partial charge on any atom is -0.497 e. The normalized spacial score (nSPS) is 12.1. The average Bonchev–Trinajstić information content (AvgIpc) is 3.51. The van der Waals surface area contributed by atoms with Crippen LogP contribution in [-0.2, 0) is 17.9 Å². The molecule has 0 spiro atoms. The molecule has 186 valence electrons. The van der Waals surface area contributed by atoms with Crippen molar-refractivity contribution in [1.29, 1.82) is 0 Å². The van der Waals surface area contributed by atoms with Gasteiger partial charge in [0.1, 0.15) is 24.6 Å². The van der Waals surface area contributed by atoms with Crippen LogP contribution < -0.4 is 35.5 Å². The maximum absolute atomic E-state index is 13.5. The molecule has 0 unspecified atom stereocenters. The first-order valence-electron chi connectivity index (χ1n) is 10.8. The predicted molar refractivity (Wildman–Crippen MR) is 125 cm³/mol. The van der Waals surface area contributed by atoms with E-state index in [4.69, 9.17) is 23.5 Å². The fourth-order valence-corrected chi connectivity index (χ4v) is 3.87. The Labute approximate surface area is 202 Å². The van der Waals surface area contributed by atoms with Crippen molar-refractivity contribution in [3.63, 3.8) is 0 Å². The molecule has 0 saturated heterocycles. The van der Waals surface area contributed by atoms with Crippen LogP contribution in [0.3, 0.4) is 0 Å². The Morgan fingerprint density at radius 3 is 2.56 bits per heavy atom. The molecule has 0 saturated carbocycles. The summed E-state index contributed by atoms with van der Waals surface area (Å²) in [7, 11) is 2.97. The highest BCUT2D eigenvalue weighted by atomic mass is 16.7. The molecule has 1 amide bonds. The second-order valence-electron chi connectivity index (χ2n) is 7.83. The summed E-state index contributed by atoms with van der Waals surface area (Å²) in [5, 5.41) is 6.58. The summed E-state index contributed by atoms with van der Waals surface area (Å²) in [6.45, 7) is 0.917. The molecule has 5 rings (SSSR count). The van der Waals surface area contributed by atoms with Crippen molar-refractivity contribution in [1.82, 2.24) is 19.3 Å². The largest absolute Gasteiger partial charge is 0.497 e. The van der Waals surface area contributed by atoms with Crippen molar-refractivity contribution < 1.29 is 28.3 Å². The van der Waals surface area contributed by atoms with Gasteiger partial charge < -0.3 is 28.8 Å². The summed E-state index contributed by atoms with van der Waals surface area (Å²) >= 11 is 0. The van der Waals surface area contributed by atoms with Crippen molar-refractivity contribution >= 4 is 22.5 Å². The Morgan fingerprint density at radius 2 is 1.86 bits per heavy atom. The van der Waals surface area contributed by atoms with E-state index < -0.39 is 23.7 Å². The number of carbonyl (C=O) groups is 1. The highest BCUT2D eigenvalue weighted by molar-refractivity contribution is 5.93. The zero-order chi connectivity index (χ0) is 25.4. The number of aryl methyl sites for hydroxylation is 1. The Bertz CT molecular complexity index is 1600. The molecule has 2 aromatic heterocycles. The quantitative estimate of drug-likeness (QED) is 0.397.